The van der Waals surface area contributed by atoms with Crippen LogP contribution < -0.4 is 4.72 Å². The number of sulfonamides is 1. The summed E-state index contributed by atoms with van der Waals surface area (Å²) in [5.41, 5.74) is 0.645. The highest BCUT2D eigenvalue weighted by atomic mass is 79.9. The summed E-state index contributed by atoms with van der Waals surface area (Å²) in [6.07, 6.45) is 2.03. The smallest absolute Gasteiger partial charge is 0.241 e. The minimum atomic E-state index is -3.59. The summed E-state index contributed by atoms with van der Waals surface area (Å²) >= 11 is 3.21. The lowest BCUT2D eigenvalue weighted by Crippen LogP contribution is -2.26. The van der Waals surface area contributed by atoms with Gasteiger partial charge in [-0.15, -0.1) is 0 Å². The SMILES string of the molecule is O=S(=O)(NCCc1ccco1)c1ccc(CO)cc1Br. The molecule has 7 heteroatoms. The van der Waals surface area contributed by atoms with Crippen molar-refractivity contribution in [3.05, 3.63) is 52.4 Å². The van der Waals surface area contributed by atoms with E-state index in [0.717, 1.165) is 5.76 Å². The molecule has 5 nitrogen and oxygen atoms in total. The fourth-order valence-corrected chi connectivity index (χ4v) is 3.86. The van der Waals surface area contributed by atoms with Gasteiger partial charge in [-0.1, -0.05) is 6.07 Å². The third-order valence-corrected chi connectivity index (χ3v) is 5.15. The molecule has 0 unspecified atom stereocenters. The first-order chi connectivity index (χ1) is 9.53. The number of aliphatic hydroxyl groups is 1. The van der Waals surface area contributed by atoms with E-state index >= 15 is 0 Å². The molecule has 0 saturated heterocycles. The Bertz CT molecular complexity index is 668. The van der Waals surface area contributed by atoms with Crippen LogP contribution in [0.4, 0.5) is 0 Å². The van der Waals surface area contributed by atoms with Crippen molar-refractivity contribution in [3.63, 3.8) is 0 Å². The van der Waals surface area contributed by atoms with Gasteiger partial charge in [0.1, 0.15) is 5.76 Å². The van der Waals surface area contributed by atoms with E-state index in [1.807, 2.05) is 0 Å². The third-order valence-electron chi connectivity index (χ3n) is 2.71. The van der Waals surface area contributed by atoms with Crippen molar-refractivity contribution in [2.45, 2.75) is 17.9 Å². The average Bonchev–Trinajstić information content (AvgIpc) is 2.91. The lowest BCUT2D eigenvalue weighted by molar-refractivity contribution is 0.281. The molecule has 1 aromatic carbocycles. The maximum absolute atomic E-state index is 12.1. The number of aliphatic hydroxyl groups excluding tert-OH is 1. The number of hydrogen-bond donors (Lipinski definition) is 2. The molecule has 0 amide bonds. The van der Waals surface area contributed by atoms with Crippen LogP contribution in [0.1, 0.15) is 11.3 Å². The molecule has 0 aliphatic heterocycles. The van der Waals surface area contributed by atoms with Crippen LogP contribution >= 0.6 is 15.9 Å². The Hall–Kier alpha value is -1.15. The van der Waals surface area contributed by atoms with Crippen molar-refractivity contribution in [1.29, 1.82) is 0 Å². The summed E-state index contributed by atoms with van der Waals surface area (Å²) < 4.78 is 32.4. The van der Waals surface area contributed by atoms with Gasteiger partial charge in [0.05, 0.1) is 17.8 Å². The zero-order chi connectivity index (χ0) is 14.6. The predicted molar refractivity (Wildman–Crippen MR) is 77.7 cm³/mol. The van der Waals surface area contributed by atoms with Gasteiger partial charge >= 0.3 is 0 Å². The van der Waals surface area contributed by atoms with E-state index in [2.05, 4.69) is 20.7 Å². The molecule has 0 fully saturated rings. The van der Waals surface area contributed by atoms with Crippen LogP contribution in [0.25, 0.3) is 0 Å². The molecule has 2 aromatic rings. The van der Waals surface area contributed by atoms with Crippen LogP contribution in [0.15, 0.2) is 50.4 Å². The lowest BCUT2D eigenvalue weighted by Gasteiger charge is -2.09. The molecular formula is C13H14BrNO4S. The Morgan fingerprint density at radius 1 is 1.30 bits per heavy atom. The molecular weight excluding hydrogens is 346 g/mol. The van der Waals surface area contributed by atoms with Crippen molar-refractivity contribution < 1.29 is 17.9 Å². The molecule has 1 heterocycles. The van der Waals surface area contributed by atoms with Crippen LogP contribution in [0.2, 0.25) is 0 Å². The van der Waals surface area contributed by atoms with Crippen molar-refractivity contribution in [2.75, 3.05) is 6.54 Å². The zero-order valence-electron chi connectivity index (χ0n) is 10.5. The number of halogens is 1. The normalized spacial score (nSPS) is 11.7. The second-order valence-corrected chi connectivity index (χ2v) is 6.74. The summed E-state index contributed by atoms with van der Waals surface area (Å²) in [5, 5.41) is 9.01. The highest BCUT2D eigenvalue weighted by Crippen LogP contribution is 2.23. The van der Waals surface area contributed by atoms with Crippen molar-refractivity contribution in [2.24, 2.45) is 0 Å². The fourth-order valence-electron chi connectivity index (χ4n) is 1.70. The van der Waals surface area contributed by atoms with Gasteiger partial charge in [0.2, 0.25) is 10.0 Å². The maximum atomic E-state index is 12.1. The van der Waals surface area contributed by atoms with Gasteiger partial charge < -0.3 is 9.52 Å². The minimum Gasteiger partial charge on any atom is -0.469 e. The monoisotopic (exact) mass is 359 g/mol. The van der Waals surface area contributed by atoms with Gasteiger partial charge in [0.25, 0.3) is 0 Å². The molecule has 0 aliphatic carbocycles. The second-order valence-electron chi connectivity index (χ2n) is 4.15. The summed E-state index contributed by atoms with van der Waals surface area (Å²) in [5.74, 6) is 0.724. The summed E-state index contributed by atoms with van der Waals surface area (Å²) in [6.45, 7) is 0.120. The second kappa shape index (κ2) is 6.53. The largest absolute Gasteiger partial charge is 0.469 e. The van der Waals surface area contributed by atoms with Gasteiger partial charge in [-0.2, -0.15) is 0 Å². The van der Waals surface area contributed by atoms with Crippen LogP contribution in [0.3, 0.4) is 0 Å². The zero-order valence-corrected chi connectivity index (χ0v) is 12.9. The van der Waals surface area contributed by atoms with Gasteiger partial charge in [-0.05, 0) is 45.8 Å². The van der Waals surface area contributed by atoms with Crippen molar-refractivity contribution in [3.8, 4) is 0 Å². The maximum Gasteiger partial charge on any atom is 0.241 e. The molecule has 2 N–H and O–H groups in total. The first-order valence-corrected chi connectivity index (χ1v) is 8.22. The topological polar surface area (TPSA) is 79.5 Å². The van der Waals surface area contributed by atoms with Crippen molar-refractivity contribution >= 4 is 26.0 Å². The fraction of sp³-hybridized carbons (Fsp3) is 0.231. The van der Waals surface area contributed by atoms with Gasteiger partial charge in [-0.25, -0.2) is 13.1 Å². The molecule has 0 atom stereocenters. The molecule has 0 aliphatic rings. The molecule has 108 valence electrons. The first kappa shape index (κ1) is 15.2. The number of benzene rings is 1. The molecule has 0 spiro atoms. The Morgan fingerprint density at radius 2 is 2.10 bits per heavy atom. The Labute approximate surface area is 125 Å². The highest BCUT2D eigenvalue weighted by Gasteiger charge is 2.17. The van der Waals surface area contributed by atoms with E-state index in [1.54, 1.807) is 30.5 Å². The summed E-state index contributed by atoms with van der Waals surface area (Å²) in [4.78, 5) is 0.147. The summed E-state index contributed by atoms with van der Waals surface area (Å²) in [7, 11) is -3.59. The quantitative estimate of drug-likeness (QED) is 0.827. The molecule has 0 radical (unpaired) electrons. The number of nitrogens with one attached hydrogen (secondary N) is 1. The molecule has 20 heavy (non-hydrogen) atoms. The third kappa shape index (κ3) is 3.69. The van der Waals surface area contributed by atoms with Gasteiger partial charge in [0.15, 0.2) is 0 Å². The van der Waals surface area contributed by atoms with E-state index < -0.39 is 10.0 Å². The van der Waals surface area contributed by atoms with E-state index in [4.69, 9.17) is 9.52 Å². The lowest BCUT2D eigenvalue weighted by atomic mass is 10.2. The first-order valence-electron chi connectivity index (χ1n) is 5.94. The van der Waals surface area contributed by atoms with E-state index in [1.165, 1.54) is 6.07 Å². The van der Waals surface area contributed by atoms with E-state index in [9.17, 15) is 8.42 Å². The number of hydrogen-bond acceptors (Lipinski definition) is 4. The summed E-state index contributed by atoms with van der Waals surface area (Å²) in [6, 6.07) is 8.17. The highest BCUT2D eigenvalue weighted by molar-refractivity contribution is 9.10. The average molecular weight is 360 g/mol. The Kier molecular flexibility index (Phi) is 4.98. The molecule has 0 bridgehead atoms. The van der Waals surface area contributed by atoms with E-state index in [-0.39, 0.29) is 18.0 Å². The Morgan fingerprint density at radius 3 is 2.70 bits per heavy atom. The minimum absolute atomic E-state index is 0.134. The van der Waals surface area contributed by atoms with Crippen molar-refractivity contribution in [1.82, 2.24) is 4.72 Å². The van der Waals surface area contributed by atoms with E-state index in [0.29, 0.717) is 16.5 Å². The number of rotatable bonds is 6. The van der Waals surface area contributed by atoms with Crippen LogP contribution in [0.5, 0.6) is 0 Å². The Balaban J connectivity index is 2.06. The molecule has 1 aromatic heterocycles. The molecule has 0 saturated carbocycles. The van der Waals surface area contributed by atoms with Gasteiger partial charge in [-0.3, -0.25) is 0 Å². The van der Waals surface area contributed by atoms with Crippen LogP contribution in [-0.2, 0) is 23.1 Å². The standard InChI is InChI=1S/C13H14BrNO4S/c14-12-8-10(9-16)3-4-13(12)20(17,18)15-6-5-11-2-1-7-19-11/h1-4,7-8,15-16H,5-6,9H2. The van der Waals surface area contributed by atoms with Gasteiger partial charge in [0, 0.05) is 17.4 Å². The number of furan rings is 1. The molecule has 2 rings (SSSR count). The van der Waals surface area contributed by atoms with Crippen LogP contribution in [0, 0.1) is 0 Å². The van der Waals surface area contributed by atoms with Crippen LogP contribution in [-0.4, -0.2) is 20.1 Å². The predicted octanol–water partition coefficient (Wildman–Crippen LogP) is 2.06.